The van der Waals surface area contributed by atoms with E-state index in [2.05, 4.69) is 73.5 Å². The van der Waals surface area contributed by atoms with Crippen LogP contribution >= 0.6 is 11.8 Å². The van der Waals surface area contributed by atoms with Gasteiger partial charge in [0, 0.05) is 44.8 Å². The minimum absolute atomic E-state index is 0.0218. The quantitative estimate of drug-likeness (QED) is 0.0314. The van der Waals surface area contributed by atoms with Crippen molar-refractivity contribution >= 4 is 112 Å². The Bertz CT molecular complexity index is 3350. The number of phenols is 1. The first-order chi connectivity index (χ1) is 48.3. The highest BCUT2D eigenvalue weighted by molar-refractivity contribution is 8.00. The number of thioether (sulfide) groups is 1. The summed E-state index contributed by atoms with van der Waals surface area (Å²) >= 11 is 0.811. The van der Waals surface area contributed by atoms with Gasteiger partial charge in [-0.25, -0.2) is 0 Å². The van der Waals surface area contributed by atoms with Gasteiger partial charge in [0.05, 0.1) is 25.3 Å². The maximum atomic E-state index is 14.9. The molecule has 13 amide bonds. The molecule has 0 spiro atoms. The first-order valence-electron chi connectivity index (χ1n) is 32.9. The molecule has 0 aromatic heterocycles. The van der Waals surface area contributed by atoms with Crippen molar-refractivity contribution in [3.8, 4) is 5.75 Å². The van der Waals surface area contributed by atoms with Crippen LogP contribution in [0.5, 0.6) is 5.75 Å². The number of primary amides is 1. The number of phenolic OH excluding ortho intramolecular Hbond substituents is 1. The molecule has 10 atom stereocenters. The van der Waals surface area contributed by atoms with Crippen molar-refractivity contribution in [2.45, 2.75) is 158 Å². The van der Waals surface area contributed by atoms with Crippen LogP contribution in [0, 0.1) is 5.92 Å². The lowest BCUT2D eigenvalue weighted by Crippen LogP contribution is -2.60. The van der Waals surface area contributed by atoms with E-state index in [1.165, 1.54) is 36.1 Å². The van der Waals surface area contributed by atoms with Gasteiger partial charge in [-0.05, 0) is 93.9 Å². The fraction of sp³-hybridized carbons (Fsp3) is 0.540. The van der Waals surface area contributed by atoms with Crippen LogP contribution in [0.15, 0.2) is 69.6 Å². The van der Waals surface area contributed by atoms with Crippen molar-refractivity contribution in [1.29, 1.82) is 0 Å². The number of carboxylic acids is 1. The second kappa shape index (κ2) is 42.8. The molecule has 2 heterocycles. The van der Waals surface area contributed by atoms with E-state index in [0.29, 0.717) is 11.1 Å². The number of nitrogens with zero attached hydrogens (tertiary/aromatic N) is 4. The molecule has 27 N–H and O–H groups in total. The molecule has 0 saturated carbocycles. The number of nitrogens with one attached hydrogen (secondary N) is 11. The van der Waals surface area contributed by atoms with Gasteiger partial charge >= 0.3 is 5.97 Å². The lowest BCUT2D eigenvalue weighted by atomic mass is 10.00. The molecule has 2 aromatic carbocycles. The van der Waals surface area contributed by atoms with Gasteiger partial charge in [0.2, 0.25) is 76.8 Å². The summed E-state index contributed by atoms with van der Waals surface area (Å²) in [4.78, 5) is 207. The summed E-state index contributed by atoms with van der Waals surface area (Å²) < 4.78 is 0. The summed E-state index contributed by atoms with van der Waals surface area (Å²) in [7, 11) is 0. The highest BCUT2D eigenvalue weighted by Crippen LogP contribution is 2.21. The second-order valence-corrected chi connectivity index (χ2v) is 25.6. The number of guanidine groups is 3. The van der Waals surface area contributed by atoms with Crippen LogP contribution in [-0.2, 0) is 80.0 Å². The molecule has 0 radical (unpaired) electrons. The van der Waals surface area contributed by atoms with Gasteiger partial charge in [-0.1, -0.05) is 56.3 Å². The van der Waals surface area contributed by atoms with Crippen LogP contribution in [-0.4, -0.2) is 227 Å². The highest BCUT2D eigenvalue weighted by atomic mass is 32.2. The SMILES string of the molecule is CC(C)C[C@@H]1NC(=O)[C@H](Cc2ccc(O)cc2)NC(=O)CSC[C@@H](C(N)=O)NC(=O)CNC(=O)CNC(=O)[C@H](CCCN=C(N)N)NC(=O)[C@H](CC(=O)O)NC(=O)[C@H](C)NC(=O)[C@@H]2CCCN2C(=O)[C@H](CCCN=C(N)N)NC(=O)[C@H](Cc2ccccc2)NC(=O)[C@H](CCCN=C(N)N)NC1=O. The Balaban J connectivity index is 1.81. The number of aromatic hydroxyl groups is 1. The molecule has 38 nitrogen and oxygen atoms in total. The van der Waals surface area contributed by atoms with Crippen molar-refractivity contribution in [3.05, 3.63) is 65.7 Å². The lowest BCUT2D eigenvalue weighted by Gasteiger charge is -2.31. The van der Waals surface area contributed by atoms with Crippen LogP contribution in [0.1, 0.15) is 96.1 Å². The van der Waals surface area contributed by atoms with Crippen LogP contribution < -0.4 is 98.6 Å². The normalized spacial score (nSPS) is 23.5. The summed E-state index contributed by atoms with van der Waals surface area (Å²) in [6.45, 7) is 3.00. The maximum Gasteiger partial charge on any atom is 0.305 e. The molecule has 2 aliphatic rings. The molecule has 0 aliphatic carbocycles. The third-order valence-electron chi connectivity index (χ3n) is 15.7. The molecule has 4 rings (SSSR count). The number of carbonyl (C=O) groups is 14. The first kappa shape index (κ1) is 83.4. The number of amides is 13. The van der Waals surface area contributed by atoms with Crippen molar-refractivity contribution in [2.75, 3.05) is 50.8 Å². The van der Waals surface area contributed by atoms with Crippen molar-refractivity contribution in [1.82, 2.24) is 63.4 Å². The molecule has 2 aromatic rings. The Morgan fingerprint density at radius 2 is 1.00 bits per heavy atom. The minimum atomic E-state index is -1.90. The topological polar surface area (TPSA) is 634 Å². The Kier molecular flexibility index (Phi) is 35.0. The van der Waals surface area contributed by atoms with Gasteiger partial charge < -0.3 is 114 Å². The Morgan fingerprint density at radius 3 is 1.55 bits per heavy atom. The monoisotopic (exact) mass is 1450 g/mol. The zero-order valence-corrected chi connectivity index (χ0v) is 57.9. The fourth-order valence-electron chi connectivity index (χ4n) is 10.5. The van der Waals surface area contributed by atoms with Crippen molar-refractivity contribution < 1.29 is 77.3 Å². The number of carboxylic acid groups (broad SMARTS) is 1. The Morgan fingerprint density at radius 1 is 0.529 bits per heavy atom. The molecule has 0 bridgehead atoms. The number of carbonyl (C=O) groups excluding carboxylic acids is 13. The van der Waals surface area contributed by atoms with E-state index in [0.717, 1.165) is 11.8 Å². The molecule has 560 valence electrons. The van der Waals surface area contributed by atoms with Crippen LogP contribution in [0.2, 0.25) is 0 Å². The van der Waals surface area contributed by atoms with E-state index in [1.807, 2.05) is 0 Å². The van der Waals surface area contributed by atoms with E-state index >= 15 is 0 Å². The van der Waals surface area contributed by atoms with E-state index in [4.69, 9.17) is 40.1 Å². The standard InChI is InChI=1S/C63H96N22O16S/c1-33(2)25-41-55(96)80-39(14-8-22-72-62(67)68)54(95)84-43(26-35-11-5-4-6-12-35)57(98)81-40(15-9-23-73-63(69)70)60(101)85-24-10-16-46(85)59(100)76-34(3)52(93)82-44(28-50(90)91)58(99)79-38(13-7-21-71-61(65)66)53(94)75-29-47(87)74-30-48(88)78-45(51(64)92)31-102-32-49(89)77-42(56(97)83-41)27-36-17-19-37(86)20-18-36/h4-6,11-12,17-20,33-34,38-46,86H,7-10,13-16,21-32H2,1-3H3,(H2,64,92)(H,74,87)(H,75,94)(H,76,100)(H,77,89)(H,78,88)(H,79,99)(H,80,96)(H,81,98)(H,82,93)(H,83,97)(H,84,95)(H,90,91)(H4,65,66,71)(H4,67,68,72)(H4,69,70,73)/t34-,38-,39-,40-,41-,42-,43-,44-,45-,46-/m0/s1. The van der Waals surface area contributed by atoms with Crippen LogP contribution in [0.4, 0.5) is 0 Å². The summed E-state index contributed by atoms with van der Waals surface area (Å²) in [6, 6.07) is -0.798. The predicted molar refractivity (Wildman–Crippen MR) is 374 cm³/mol. The number of fused-ring (bicyclic) bond motifs is 1. The lowest BCUT2D eigenvalue weighted by molar-refractivity contribution is -0.143. The first-order valence-corrected chi connectivity index (χ1v) is 34.1. The molecule has 2 aliphatic heterocycles. The largest absolute Gasteiger partial charge is 0.508 e. The average Bonchev–Trinajstić information content (AvgIpc) is 1.55. The number of nitrogens with two attached hydrogens (primary N) is 7. The number of aliphatic carboxylic acids is 1. The van der Waals surface area contributed by atoms with E-state index in [1.54, 1.807) is 44.2 Å². The van der Waals surface area contributed by atoms with Gasteiger partial charge in [-0.3, -0.25) is 82.1 Å². The number of hydrogen-bond donors (Lipinski definition) is 20. The zero-order valence-electron chi connectivity index (χ0n) is 57.0. The summed E-state index contributed by atoms with van der Waals surface area (Å²) in [5.74, 6) is -15.8. The second-order valence-electron chi connectivity index (χ2n) is 24.6. The molecule has 39 heteroatoms. The van der Waals surface area contributed by atoms with Crippen molar-refractivity contribution in [3.63, 3.8) is 0 Å². The number of hydrogen-bond acceptors (Lipinski definition) is 19. The molecule has 0 unspecified atom stereocenters. The van der Waals surface area contributed by atoms with Gasteiger partial charge in [0.25, 0.3) is 0 Å². The summed E-state index contributed by atoms with van der Waals surface area (Å²) in [6.07, 6.45) is -1.51. The Hall–Kier alpha value is -11.0. The molecular weight excluding hydrogens is 1350 g/mol. The third kappa shape index (κ3) is 30.6. The highest BCUT2D eigenvalue weighted by Gasteiger charge is 2.41. The number of benzene rings is 2. The number of rotatable bonds is 21. The molecule has 2 saturated heterocycles. The molecular formula is C63H96N22O16S. The third-order valence-corrected chi connectivity index (χ3v) is 16.7. The predicted octanol–water partition coefficient (Wildman–Crippen LogP) is -7.30. The van der Waals surface area contributed by atoms with Gasteiger partial charge in [-0.15, -0.1) is 11.8 Å². The average molecular weight is 1450 g/mol. The smallest absolute Gasteiger partial charge is 0.305 e. The van der Waals surface area contributed by atoms with E-state index < -0.39 is 168 Å². The summed E-state index contributed by atoms with van der Waals surface area (Å²) in [5, 5.41) is 47.5. The van der Waals surface area contributed by atoms with Gasteiger partial charge in [0.1, 0.15) is 66.2 Å². The fourth-order valence-corrected chi connectivity index (χ4v) is 11.4. The minimum Gasteiger partial charge on any atom is -0.508 e. The molecule has 2 fully saturated rings. The van der Waals surface area contributed by atoms with E-state index in [-0.39, 0.29) is 132 Å². The maximum absolute atomic E-state index is 14.9. The summed E-state index contributed by atoms with van der Waals surface area (Å²) in [5.41, 5.74) is 39.9. The zero-order chi connectivity index (χ0) is 75.6. The van der Waals surface area contributed by atoms with Crippen LogP contribution in [0.25, 0.3) is 0 Å². The van der Waals surface area contributed by atoms with Crippen LogP contribution in [0.3, 0.4) is 0 Å². The van der Waals surface area contributed by atoms with Gasteiger partial charge in [-0.2, -0.15) is 0 Å². The molecule has 102 heavy (non-hydrogen) atoms. The Labute approximate surface area is 592 Å². The van der Waals surface area contributed by atoms with Crippen molar-refractivity contribution in [2.24, 2.45) is 61.0 Å². The number of aliphatic imine (C=N–C) groups is 3. The van der Waals surface area contributed by atoms with E-state index in [9.17, 15) is 77.3 Å². The van der Waals surface area contributed by atoms with Gasteiger partial charge in [0.15, 0.2) is 17.9 Å².